The van der Waals surface area contributed by atoms with Crippen LogP contribution in [0.5, 0.6) is 0 Å². The zero-order valence-electron chi connectivity index (χ0n) is 11.0. The number of benzene rings is 1. The van der Waals surface area contributed by atoms with Gasteiger partial charge in [0.1, 0.15) is 5.78 Å². The molecule has 0 amide bonds. The number of aliphatic hydroxyl groups is 1. The largest absolute Gasteiger partial charge is 0.392 e. The highest BCUT2D eigenvalue weighted by Crippen LogP contribution is 2.29. The Morgan fingerprint density at radius 1 is 1.28 bits per heavy atom. The maximum Gasteiger partial charge on any atom is 0.141 e. The molecule has 0 heterocycles. The molecule has 0 radical (unpaired) electrons. The molecule has 1 fully saturated rings. The summed E-state index contributed by atoms with van der Waals surface area (Å²) in [7, 11) is 0. The number of carbonyl (C=O) groups is 1. The predicted molar refractivity (Wildman–Crippen MR) is 72.3 cm³/mol. The van der Waals surface area contributed by atoms with E-state index in [4.69, 9.17) is 0 Å². The zero-order valence-corrected chi connectivity index (χ0v) is 11.0. The molecule has 0 aromatic heterocycles. The van der Waals surface area contributed by atoms with Crippen LogP contribution >= 0.6 is 0 Å². The lowest BCUT2D eigenvalue weighted by atomic mass is 9.77. The molecule has 1 aromatic rings. The van der Waals surface area contributed by atoms with Gasteiger partial charge in [0.15, 0.2) is 0 Å². The minimum absolute atomic E-state index is 0.127. The van der Waals surface area contributed by atoms with Gasteiger partial charge in [0.05, 0.1) is 6.10 Å². The SMILES string of the molecule is CC1CCCC(C(O)CCc2ccccc2)C1=O. The lowest BCUT2D eigenvalue weighted by molar-refractivity contribution is -0.132. The second kappa shape index (κ2) is 6.14. The van der Waals surface area contributed by atoms with Crippen molar-refractivity contribution in [2.24, 2.45) is 11.8 Å². The molecule has 1 saturated carbocycles. The van der Waals surface area contributed by atoms with Crippen molar-refractivity contribution in [2.75, 3.05) is 0 Å². The summed E-state index contributed by atoms with van der Waals surface area (Å²) in [5, 5.41) is 10.2. The van der Waals surface area contributed by atoms with Crippen molar-refractivity contribution in [2.45, 2.75) is 45.1 Å². The van der Waals surface area contributed by atoms with Crippen LogP contribution in [0.3, 0.4) is 0 Å². The van der Waals surface area contributed by atoms with Crippen molar-refractivity contribution in [1.29, 1.82) is 0 Å². The second-order valence-corrected chi connectivity index (χ2v) is 5.43. The average Bonchev–Trinajstić information content (AvgIpc) is 2.40. The third kappa shape index (κ3) is 3.20. The Morgan fingerprint density at radius 3 is 2.72 bits per heavy atom. The van der Waals surface area contributed by atoms with Gasteiger partial charge in [-0.1, -0.05) is 43.7 Å². The van der Waals surface area contributed by atoms with Gasteiger partial charge in [-0.2, -0.15) is 0 Å². The molecule has 3 unspecified atom stereocenters. The highest BCUT2D eigenvalue weighted by atomic mass is 16.3. The Balaban J connectivity index is 1.88. The first-order valence-electron chi connectivity index (χ1n) is 6.94. The van der Waals surface area contributed by atoms with Crippen LogP contribution in [0.25, 0.3) is 0 Å². The third-order valence-corrected chi connectivity index (χ3v) is 4.04. The fraction of sp³-hybridized carbons (Fsp3) is 0.562. The summed E-state index contributed by atoms with van der Waals surface area (Å²) >= 11 is 0. The van der Waals surface area contributed by atoms with Crippen molar-refractivity contribution in [3.63, 3.8) is 0 Å². The van der Waals surface area contributed by atoms with Crippen LogP contribution < -0.4 is 0 Å². The van der Waals surface area contributed by atoms with E-state index in [1.54, 1.807) is 0 Å². The molecule has 1 aliphatic rings. The molecule has 0 saturated heterocycles. The number of carbonyl (C=O) groups excluding carboxylic acids is 1. The van der Waals surface area contributed by atoms with E-state index in [-0.39, 0.29) is 17.6 Å². The molecule has 1 aromatic carbocycles. The van der Waals surface area contributed by atoms with Crippen LogP contribution in [-0.4, -0.2) is 17.0 Å². The van der Waals surface area contributed by atoms with Crippen LogP contribution in [0.1, 0.15) is 38.2 Å². The van der Waals surface area contributed by atoms with Gasteiger partial charge in [-0.15, -0.1) is 0 Å². The number of ketones is 1. The van der Waals surface area contributed by atoms with Crippen LogP contribution in [-0.2, 0) is 11.2 Å². The van der Waals surface area contributed by atoms with Crippen molar-refractivity contribution in [3.8, 4) is 0 Å². The molecule has 2 nitrogen and oxygen atoms in total. The summed E-state index contributed by atoms with van der Waals surface area (Å²) in [4.78, 5) is 12.0. The number of hydrogen-bond acceptors (Lipinski definition) is 2. The fourth-order valence-electron chi connectivity index (χ4n) is 2.84. The van der Waals surface area contributed by atoms with Crippen molar-refractivity contribution in [3.05, 3.63) is 35.9 Å². The summed E-state index contributed by atoms with van der Waals surface area (Å²) in [6.07, 6.45) is 3.98. The normalized spacial score (nSPS) is 26.0. The molecule has 2 heteroatoms. The molecule has 0 bridgehead atoms. The summed E-state index contributed by atoms with van der Waals surface area (Å²) in [6.45, 7) is 1.98. The number of hydrogen-bond donors (Lipinski definition) is 1. The number of aryl methyl sites for hydroxylation is 1. The highest BCUT2D eigenvalue weighted by molar-refractivity contribution is 5.84. The number of Topliss-reactive ketones (excluding diaryl/α,β-unsaturated/α-hetero) is 1. The van der Waals surface area contributed by atoms with Crippen LogP contribution in [0.2, 0.25) is 0 Å². The summed E-state index contributed by atoms with van der Waals surface area (Å²) in [5.74, 6) is 0.273. The van der Waals surface area contributed by atoms with Crippen molar-refractivity contribution >= 4 is 5.78 Å². The molecule has 98 valence electrons. The molecule has 18 heavy (non-hydrogen) atoms. The van der Waals surface area contributed by atoms with E-state index in [0.29, 0.717) is 6.42 Å². The van der Waals surface area contributed by atoms with Gasteiger partial charge in [-0.3, -0.25) is 4.79 Å². The van der Waals surface area contributed by atoms with E-state index in [0.717, 1.165) is 25.7 Å². The number of aliphatic hydroxyl groups excluding tert-OH is 1. The van der Waals surface area contributed by atoms with E-state index in [1.165, 1.54) is 5.56 Å². The predicted octanol–water partition coefficient (Wildman–Crippen LogP) is 2.99. The van der Waals surface area contributed by atoms with Gasteiger partial charge in [0.2, 0.25) is 0 Å². The van der Waals surface area contributed by atoms with E-state index < -0.39 is 6.10 Å². The molecular formula is C16H22O2. The Labute approximate surface area is 109 Å². The first kappa shape index (κ1) is 13.3. The monoisotopic (exact) mass is 246 g/mol. The Hall–Kier alpha value is -1.15. The molecule has 0 aliphatic heterocycles. The van der Waals surface area contributed by atoms with Crippen LogP contribution in [0, 0.1) is 11.8 Å². The van der Waals surface area contributed by atoms with Gasteiger partial charge in [-0.05, 0) is 31.2 Å². The fourth-order valence-corrected chi connectivity index (χ4v) is 2.84. The van der Waals surface area contributed by atoms with Crippen LogP contribution in [0.15, 0.2) is 30.3 Å². The summed E-state index contributed by atoms with van der Waals surface area (Å²) < 4.78 is 0. The Morgan fingerprint density at radius 2 is 2.00 bits per heavy atom. The van der Waals surface area contributed by atoms with E-state index in [1.807, 2.05) is 25.1 Å². The topological polar surface area (TPSA) is 37.3 Å². The van der Waals surface area contributed by atoms with Gasteiger partial charge in [-0.25, -0.2) is 0 Å². The standard InChI is InChI=1S/C16H22O2/c1-12-6-5-9-14(16(12)18)15(17)11-10-13-7-3-2-4-8-13/h2-4,7-8,12,14-15,17H,5-6,9-11H2,1H3. The third-order valence-electron chi connectivity index (χ3n) is 4.04. The van der Waals surface area contributed by atoms with E-state index in [9.17, 15) is 9.90 Å². The highest BCUT2D eigenvalue weighted by Gasteiger charge is 2.32. The molecule has 0 spiro atoms. The number of rotatable bonds is 4. The first-order valence-corrected chi connectivity index (χ1v) is 6.94. The molecule has 3 atom stereocenters. The van der Waals surface area contributed by atoms with Gasteiger partial charge in [0, 0.05) is 11.8 Å². The summed E-state index contributed by atoms with van der Waals surface area (Å²) in [6, 6.07) is 10.1. The molecule has 1 N–H and O–H groups in total. The maximum atomic E-state index is 12.0. The lowest BCUT2D eigenvalue weighted by Gasteiger charge is -2.29. The van der Waals surface area contributed by atoms with Gasteiger partial charge < -0.3 is 5.11 Å². The minimum Gasteiger partial charge on any atom is -0.392 e. The zero-order chi connectivity index (χ0) is 13.0. The average molecular weight is 246 g/mol. The van der Waals surface area contributed by atoms with Crippen LogP contribution in [0.4, 0.5) is 0 Å². The summed E-state index contributed by atoms with van der Waals surface area (Å²) in [5.41, 5.74) is 1.23. The molecular weight excluding hydrogens is 224 g/mol. The lowest BCUT2D eigenvalue weighted by Crippen LogP contribution is -2.35. The van der Waals surface area contributed by atoms with Crippen molar-refractivity contribution < 1.29 is 9.90 Å². The van der Waals surface area contributed by atoms with Crippen molar-refractivity contribution in [1.82, 2.24) is 0 Å². The van der Waals surface area contributed by atoms with Gasteiger partial charge in [0.25, 0.3) is 0 Å². The molecule has 2 rings (SSSR count). The smallest absolute Gasteiger partial charge is 0.141 e. The van der Waals surface area contributed by atoms with E-state index in [2.05, 4.69) is 12.1 Å². The maximum absolute atomic E-state index is 12.0. The first-order chi connectivity index (χ1) is 8.68. The Bertz CT molecular complexity index is 385. The minimum atomic E-state index is -0.472. The molecule has 1 aliphatic carbocycles. The Kier molecular flexibility index (Phi) is 4.54. The van der Waals surface area contributed by atoms with Gasteiger partial charge >= 0.3 is 0 Å². The van der Waals surface area contributed by atoms with E-state index >= 15 is 0 Å². The quantitative estimate of drug-likeness (QED) is 0.886. The second-order valence-electron chi connectivity index (χ2n) is 5.43.